The van der Waals surface area contributed by atoms with Crippen LogP contribution in [0.2, 0.25) is 0 Å². The molecule has 2 atom stereocenters. The topological polar surface area (TPSA) is 0 Å². The fourth-order valence-electron chi connectivity index (χ4n) is 3.93. The molecule has 0 fully saturated rings. The average molecular weight is 426 g/mol. The quantitative estimate of drug-likeness (QED) is 0.324. The summed E-state index contributed by atoms with van der Waals surface area (Å²) in [7, 11) is -0.757. The van der Waals surface area contributed by atoms with Gasteiger partial charge in [-0.15, -0.1) is 0 Å². The fourth-order valence-corrected chi connectivity index (χ4v) is 9.68. The monoisotopic (exact) mass is 426 g/mol. The van der Waals surface area contributed by atoms with Gasteiger partial charge in [0.2, 0.25) is 0 Å². The predicted molar refractivity (Wildman–Crippen MR) is 137 cm³/mol. The summed E-state index contributed by atoms with van der Waals surface area (Å²) in [4.78, 5) is 0. The van der Waals surface area contributed by atoms with E-state index in [9.17, 15) is 0 Å². The molecule has 0 aliphatic heterocycles. The van der Waals surface area contributed by atoms with E-state index in [4.69, 9.17) is 0 Å². The molecule has 0 aliphatic rings. The highest BCUT2D eigenvalue weighted by atomic mass is 31.1. The van der Waals surface area contributed by atoms with Crippen molar-refractivity contribution in [2.75, 3.05) is 12.3 Å². The first-order valence-electron chi connectivity index (χ1n) is 10.5. The molecular weight excluding hydrogens is 398 g/mol. The average Bonchev–Trinajstić information content (AvgIpc) is 2.80. The number of hydrogen-bond acceptors (Lipinski definition) is 0. The third-order valence-electron chi connectivity index (χ3n) is 5.50. The second kappa shape index (κ2) is 10.2. The van der Waals surface area contributed by atoms with Gasteiger partial charge in [-0.3, -0.25) is 0 Å². The lowest BCUT2D eigenvalue weighted by Gasteiger charge is -2.25. The van der Waals surface area contributed by atoms with Gasteiger partial charge in [0.15, 0.2) is 0 Å². The van der Waals surface area contributed by atoms with Gasteiger partial charge < -0.3 is 0 Å². The molecule has 0 aromatic heterocycles. The van der Waals surface area contributed by atoms with Gasteiger partial charge in [-0.1, -0.05) is 109 Å². The van der Waals surface area contributed by atoms with Crippen LogP contribution in [0, 0.1) is 13.8 Å². The van der Waals surface area contributed by atoms with Crippen LogP contribution in [0.3, 0.4) is 0 Å². The molecule has 0 amide bonds. The summed E-state index contributed by atoms with van der Waals surface area (Å²) in [5.74, 6) is 0. The summed E-state index contributed by atoms with van der Waals surface area (Å²) < 4.78 is 0. The maximum Gasteiger partial charge on any atom is -0.0166 e. The largest absolute Gasteiger partial charge is 0.0622 e. The number of hydrogen-bond donors (Lipinski definition) is 0. The molecule has 0 spiro atoms. The van der Waals surface area contributed by atoms with E-state index in [1.807, 2.05) is 0 Å². The van der Waals surface area contributed by atoms with Crippen LogP contribution in [-0.4, -0.2) is 12.3 Å². The molecule has 0 N–H and O–H groups in total. The minimum Gasteiger partial charge on any atom is -0.0622 e. The lowest BCUT2D eigenvalue weighted by Crippen LogP contribution is -2.22. The van der Waals surface area contributed by atoms with Gasteiger partial charge in [0.05, 0.1) is 0 Å². The summed E-state index contributed by atoms with van der Waals surface area (Å²) in [6, 6.07) is 40.2. The van der Waals surface area contributed by atoms with Crippen LogP contribution in [0.1, 0.15) is 11.1 Å². The Labute approximate surface area is 183 Å². The van der Waals surface area contributed by atoms with Gasteiger partial charge in [-0.2, -0.15) is 0 Å². The molecule has 2 heteroatoms. The molecule has 0 saturated carbocycles. The van der Waals surface area contributed by atoms with Crippen LogP contribution in [0.15, 0.2) is 109 Å². The molecule has 150 valence electrons. The third kappa shape index (κ3) is 4.89. The Hall–Kier alpha value is -2.26. The van der Waals surface area contributed by atoms with Gasteiger partial charge in [0.25, 0.3) is 0 Å². The Balaban J connectivity index is 1.70. The maximum absolute atomic E-state index is 2.34. The lowest BCUT2D eigenvalue weighted by molar-refractivity contribution is 1.47. The van der Waals surface area contributed by atoms with E-state index in [0.717, 1.165) is 0 Å². The number of benzene rings is 4. The highest BCUT2D eigenvalue weighted by molar-refractivity contribution is 7.76. The summed E-state index contributed by atoms with van der Waals surface area (Å²) in [6.45, 7) is 4.52. The normalized spacial score (nSPS) is 13.0. The highest BCUT2D eigenvalue weighted by Gasteiger charge is 2.21. The Morgan fingerprint density at radius 2 is 0.767 bits per heavy atom. The van der Waals surface area contributed by atoms with E-state index in [-0.39, 0.29) is 15.8 Å². The third-order valence-corrected chi connectivity index (χ3v) is 11.2. The van der Waals surface area contributed by atoms with Crippen molar-refractivity contribution in [3.8, 4) is 0 Å². The van der Waals surface area contributed by atoms with E-state index >= 15 is 0 Å². The Morgan fingerprint density at radius 1 is 0.433 bits per heavy atom. The van der Waals surface area contributed by atoms with Crippen molar-refractivity contribution in [1.29, 1.82) is 0 Å². The van der Waals surface area contributed by atoms with Crippen molar-refractivity contribution in [2.45, 2.75) is 13.8 Å². The summed E-state index contributed by atoms with van der Waals surface area (Å²) in [6.07, 6.45) is 2.41. The van der Waals surface area contributed by atoms with Gasteiger partial charge in [-0.25, -0.2) is 0 Å². The molecule has 0 unspecified atom stereocenters. The first kappa shape index (κ1) is 21.0. The van der Waals surface area contributed by atoms with E-state index < -0.39 is 0 Å². The minimum atomic E-state index is -0.378. The molecule has 0 saturated heterocycles. The van der Waals surface area contributed by atoms with Crippen molar-refractivity contribution >= 4 is 37.1 Å². The molecule has 0 radical (unpaired) electrons. The molecule has 0 aliphatic carbocycles. The molecule has 4 aromatic carbocycles. The van der Waals surface area contributed by atoms with E-state index in [1.54, 1.807) is 0 Å². The van der Waals surface area contributed by atoms with E-state index in [2.05, 4.69) is 123 Å². The first-order valence-corrected chi connectivity index (χ1v) is 13.6. The molecule has 0 bridgehead atoms. The summed E-state index contributed by atoms with van der Waals surface area (Å²) in [5, 5.41) is 6.00. The highest BCUT2D eigenvalue weighted by Crippen LogP contribution is 2.42. The Kier molecular flexibility index (Phi) is 7.11. The smallest absolute Gasteiger partial charge is 0.0166 e. The van der Waals surface area contributed by atoms with Crippen molar-refractivity contribution in [1.82, 2.24) is 0 Å². The van der Waals surface area contributed by atoms with Crippen molar-refractivity contribution in [3.05, 3.63) is 120 Å². The zero-order valence-electron chi connectivity index (χ0n) is 17.7. The van der Waals surface area contributed by atoms with Gasteiger partial charge >= 0.3 is 0 Å². The van der Waals surface area contributed by atoms with E-state index in [0.29, 0.717) is 0 Å². The maximum atomic E-state index is 2.34. The van der Waals surface area contributed by atoms with Crippen LogP contribution in [-0.2, 0) is 0 Å². The van der Waals surface area contributed by atoms with Crippen LogP contribution in [0.25, 0.3) is 0 Å². The molecule has 30 heavy (non-hydrogen) atoms. The summed E-state index contributed by atoms with van der Waals surface area (Å²) in [5.41, 5.74) is 2.82. The minimum absolute atomic E-state index is 0.378. The molecule has 4 rings (SSSR count). The van der Waals surface area contributed by atoms with Crippen LogP contribution < -0.4 is 21.2 Å². The number of rotatable bonds is 7. The van der Waals surface area contributed by atoms with Crippen LogP contribution in [0.4, 0.5) is 0 Å². The zero-order valence-corrected chi connectivity index (χ0v) is 19.5. The molecule has 4 aromatic rings. The van der Waals surface area contributed by atoms with Crippen molar-refractivity contribution in [2.24, 2.45) is 0 Å². The Morgan fingerprint density at radius 3 is 1.13 bits per heavy atom. The van der Waals surface area contributed by atoms with Crippen molar-refractivity contribution < 1.29 is 0 Å². The fraction of sp³-hybridized carbons (Fsp3) is 0.143. The standard InChI is InChI=1S/C28H28P2/c1-23-13-9-11-19-27(23)29(25-15-5-3-6-16-25)21-22-30(26-17-7-4-8-18-26)28-20-12-10-14-24(28)2/h3-20H,21-22H2,1-2H3/t29-,30-/m1/s1. The molecule has 0 nitrogen and oxygen atoms in total. The zero-order chi connectivity index (χ0) is 20.8. The van der Waals surface area contributed by atoms with Gasteiger partial charge in [0, 0.05) is 0 Å². The lowest BCUT2D eigenvalue weighted by atomic mass is 10.2. The second-order valence-corrected chi connectivity index (χ2v) is 12.2. The SMILES string of the molecule is Cc1ccccc1[P@](CC[P@](c1ccccc1)c1ccccc1C)c1ccccc1. The molecular formula is C28H28P2. The second-order valence-electron chi connectivity index (χ2n) is 7.55. The predicted octanol–water partition coefficient (Wildman–Crippen LogP) is 5.87. The summed E-state index contributed by atoms with van der Waals surface area (Å²) >= 11 is 0. The van der Waals surface area contributed by atoms with Crippen LogP contribution >= 0.6 is 15.8 Å². The van der Waals surface area contributed by atoms with Crippen molar-refractivity contribution in [3.63, 3.8) is 0 Å². The first-order chi connectivity index (χ1) is 14.7. The van der Waals surface area contributed by atoms with Crippen LogP contribution in [0.5, 0.6) is 0 Å². The Bertz CT molecular complexity index is 985. The van der Waals surface area contributed by atoms with E-state index in [1.165, 1.54) is 44.7 Å². The van der Waals surface area contributed by atoms with Gasteiger partial charge in [-0.05, 0) is 74.4 Å². The van der Waals surface area contributed by atoms with Gasteiger partial charge in [0.1, 0.15) is 0 Å². The molecule has 0 heterocycles. The number of aryl methyl sites for hydroxylation is 2.